The maximum atomic E-state index is 10.9. The molecule has 2 heterocycles. The second-order valence-electron chi connectivity index (χ2n) is 10.2. The molecule has 4 fully saturated rings. The summed E-state index contributed by atoms with van der Waals surface area (Å²) in [4.78, 5) is 0. The lowest BCUT2D eigenvalue weighted by Gasteiger charge is -2.46. The van der Waals surface area contributed by atoms with Crippen LogP contribution in [-0.4, -0.2) is 152 Å². The summed E-state index contributed by atoms with van der Waals surface area (Å²) in [6, 6.07) is -2.36. The van der Waals surface area contributed by atoms with Crippen LogP contribution in [0.3, 0.4) is 0 Å². The van der Waals surface area contributed by atoms with Gasteiger partial charge in [0.25, 0.3) is 0 Å². The minimum absolute atomic E-state index is 0.0223. The van der Waals surface area contributed by atoms with Crippen LogP contribution in [0.2, 0.25) is 0 Å². The third-order valence-corrected chi connectivity index (χ3v) is 7.94. The fourth-order valence-corrected chi connectivity index (χ4v) is 5.71. The smallest absolute Gasteiger partial charge is 0.314 e. The standard InChI is InChI=1S/C21H39N3O12/c1-24-9-3-7(22)12(28)18(13(9)29)33-10-2-6(4-25)11(27)19-17(10)35-21(36-19)20(32)15(31)14(30)16(34-21)8(23)5-26/h6-20,24-32H,2-5,22-23H2,1H3/t6-,7-,8-,9+,10-,11+,12+,13-,14-,15+,16+,17+,18-,19+,20-,21-/m1/s1. The highest BCUT2D eigenvalue weighted by atomic mass is 16.9. The summed E-state index contributed by atoms with van der Waals surface area (Å²) in [5, 5.41) is 86.1. The molecule has 0 unspecified atom stereocenters. The fourth-order valence-electron chi connectivity index (χ4n) is 5.71. The number of nitrogens with two attached hydrogens (primary N) is 2. The van der Waals surface area contributed by atoms with Crippen LogP contribution in [0.5, 0.6) is 0 Å². The molecule has 1 spiro atoms. The molecular formula is C21H39N3O12. The molecule has 4 rings (SSSR count). The van der Waals surface area contributed by atoms with Crippen LogP contribution in [0, 0.1) is 5.92 Å². The summed E-state index contributed by atoms with van der Waals surface area (Å²) < 4.78 is 23.5. The topological polar surface area (TPSA) is 263 Å². The van der Waals surface area contributed by atoms with Crippen LogP contribution in [0.4, 0.5) is 0 Å². The van der Waals surface area contributed by atoms with E-state index in [2.05, 4.69) is 5.32 Å². The highest BCUT2D eigenvalue weighted by Crippen LogP contribution is 2.46. The lowest BCUT2D eigenvalue weighted by atomic mass is 9.80. The zero-order valence-corrected chi connectivity index (χ0v) is 19.9. The molecule has 13 N–H and O–H groups in total. The van der Waals surface area contributed by atoms with E-state index in [1.165, 1.54) is 0 Å². The number of nitrogens with one attached hydrogen (secondary N) is 1. The van der Waals surface area contributed by atoms with Crippen molar-refractivity contribution in [1.29, 1.82) is 0 Å². The average Bonchev–Trinajstić information content (AvgIpc) is 3.27. The summed E-state index contributed by atoms with van der Waals surface area (Å²) in [5.41, 5.74) is 11.9. The van der Waals surface area contributed by atoms with Crippen LogP contribution in [0.25, 0.3) is 0 Å². The summed E-state index contributed by atoms with van der Waals surface area (Å²) in [6.45, 7) is -1.09. The Morgan fingerprint density at radius 3 is 2.19 bits per heavy atom. The Hall–Kier alpha value is -0.600. The van der Waals surface area contributed by atoms with E-state index in [1.807, 2.05) is 0 Å². The third-order valence-electron chi connectivity index (χ3n) is 7.94. The summed E-state index contributed by atoms with van der Waals surface area (Å²) in [6.07, 6.45) is -14.8. The van der Waals surface area contributed by atoms with Crippen molar-refractivity contribution >= 4 is 0 Å². The van der Waals surface area contributed by atoms with Gasteiger partial charge in [0.2, 0.25) is 0 Å². The predicted molar refractivity (Wildman–Crippen MR) is 118 cm³/mol. The molecule has 210 valence electrons. The SMILES string of the molecule is CN[C@H]1C[C@@H](N)[C@H](O)[C@@H](O[C@@H]2C[C@H](CO)[C@H](O)[C@@H]3O[C@]4(O[C@@H]([C@H](N)CO)[C@H](O)[C@H](O)[C@H]4O)O[C@H]32)[C@@H]1O. The first-order chi connectivity index (χ1) is 17.0. The van der Waals surface area contributed by atoms with E-state index >= 15 is 0 Å². The predicted octanol–water partition coefficient (Wildman–Crippen LogP) is -6.61. The number of likely N-dealkylation sites (N-methyl/N-ethyl adjacent to an activating group) is 1. The number of rotatable bonds is 6. The molecule has 0 amide bonds. The van der Waals surface area contributed by atoms with Crippen molar-refractivity contribution in [3.63, 3.8) is 0 Å². The van der Waals surface area contributed by atoms with Gasteiger partial charge in [0.05, 0.1) is 37.1 Å². The van der Waals surface area contributed by atoms with Gasteiger partial charge >= 0.3 is 5.97 Å². The van der Waals surface area contributed by atoms with Gasteiger partial charge < -0.3 is 76.6 Å². The zero-order valence-electron chi connectivity index (χ0n) is 19.9. The number of aliphatic hydroxyl groups excluding tert-OH is 8. The van der Waals surface area contributed by atoms with Crippen LogP contribution >= 0.6 is 0 Å². The summed E-state index contributed by atoms with van der Waals surface area (Å²) in [5.74, 6) is -3.17. The lowest BCUT2D eigenvalue weighted by molar-refractivity contribution is -0.438. The van der Waals surface area contributed by atoms with Gasteiger partial charge in [-0.15, -0.1) is 0 Å². The highest BCUT2D eigenvalue weighted by molar-refractivity contribution is 5.06. The monoisotopic (exact) mass is 525 g/mol. The Morgan fingerprint density at radius 1 is 0.917 bits per heavy atom. The molecule has 2 saturated heterocycles. The summed E-state index contributed by atoms with van der Waals surface area (Å²) >= 11 is 0. The van der Waals surface area contributed by atoms with Crippen LogP contribution < -0.4 is 16.8 Å². The number of hydrogen-bond acceptors (Lipinski definition) is 15. The maximum Gasteiger partial charge on any atom is 0.314 e. The molecule has 0 aromatic carbocycles. The van der Waals surface area contributed by atoms with Crippen molar-refractivity contribution < 1.29 is 59.8 Å². The summed E-state index contributed by atoms with van der Waals surface area (Å²) in [7, 11) is 1.64. The minimum Gasteiger partial charge on any atom is -0.396 e. The third kappa shape index (κ3) is 4.70. The maximum absolute atomic E-state index is 10.9. The Bertz CT molecular complexity index is 755. The zero-order chi connectivity index (χ0) is 26.5. The molecule has 2 saturated carbocycles. The number of aliphatic hydroxyl groups is 8. The van der Waals surface area contributed by atoms with E-state index in [1.54, 1.807) is 7.05 Å². The van der Waals surface area contributed by atoms with Crippen LogP contribution in [0.1, 0.15) is 12.8 Å². The quantitative estimate of drug-likeness (QED) is 0.154. The Morgan fingerprint density at radius 2 is 1.58 bits per heavy atom. The van der Waals surface area contributed by atoms with E-state index in [9.17, 15) is 40.9 Å². The molecule has 4 aliphatic rings. The largest absolute Gasteiger partial charge is 0.396 e. The molecule has 16 atom stereocenters. The number of ether oxygens (including phenoxy) is 4. The van der Waals surface area contributed by atoms with Crippen molar-refractivity contribution in [2.45, 2.75) is 104 Å². The Labute approximate surface area is 207 Å². The van der Waals surface area contributed by atoms with Gasteiger partial charge in [-0.1, -0.05) is 0 Å². The molecule has 0 bridgehead atoms. The Kier molecular flexibility index (Phi) is 8.58. The fraction of sp³-hybridized carbons (Fsp3) is 1.00. The van der Waals surface area contributed by atoms with Crippen LogP contribution in [0.15, 0.2) is 0 Å². The van der Waals surface area contributed by atoms with Crippen molar-refractivity contribution in [1.82, 2.24) is 5.32 Å². The Balaban J connectivity index is 1.62. The minimum atomic E-state index is -2.40. The molecular weight excluding hydrogens is 486 g/mol. The van der Waals surface area contributed by atoms with Crippen molar-refractivity contribution in [2.75, 3.05) is 20.3 Å². The molecule has 0 aromatic rings. The van der Waals surface area contributed by atoms with Gasteiger partial charge in [0, 0.05) is 24.6 Å². The second kappa shape index (κ2) is 10.9. The van der Waals surface area contributed by atoms with E-state index in [0.29, 0.717) is 6.42 Å². The van der Waals surface area contributed by atoms with Gasteiger partial charge in [0.1, 0.15) is 36.6 Å². The van der Waals surface area contributed by atoms with Gasteiger partial charge in [0.15, 0.2) is 6.10 Å². The van der Waals surface area contributed by atoms with E-state index < -0.39 is 110 Å². The normalized spacial score (nSPS) is 54.4. The van der Waals surface area contributed by atoms with Gasteiger partial charge in [-0.25, -0.2) is 0 Å². The van der Waals surface area contributed by atoms with E-state index in [-0.39, 0.29) is 6.42 Å². The van der Waals surface area contributed by atoms with Gasteiger partial charge in [-0.3, -0.25) is 0 Å². The first-order valence-corrected chi connectivity index (χ1v) is 12.2. The number of fused-ring (bicyclic) bond motifs is 1. The number of hydrogen-bond donors (Lipinski definition) is 11. The van der Waals surface area contributed by atoms with Gasteiger partial charge in [-0.05, 0) is 19.9 Å². The molecule has 2 aliphatic heterocycles. The highest BCUT2D eigenvalue weighted by Gasteiger charge is 2.67. The van der Waals surface area contributed by atoms with Gasteiger partial charge in [-0.2, -0.15) is 0 Å². The lowest BCUT2D eigenvalue weighted by Crippen LogP contribution is -2.68. The average molecular weight is 526 g/mol. The molecule has 15 nitrogen and oxygen atoms in total. The van der Waals surface area contributed by atoms with Crippen molar-refractivity contribution in [3.05, 3.63) is 0 Å². The van der Waals surface area contributed by atoms with Crippen molar-refractivity contribution in [2.24, 2.45) is 17.4 Å². The molecule has 2 aliphatic carbocycles. The second-order valence-corrected chi connectivity index (χ2v) is 10.2. The molecule has 36 heavy (non-hydrogen) atoms. The molecule has 0 radical (unpaired) electrons. The first-order valence-electron chi connectivity index (χ1n) is 12.2. The molecule has 15 heteroatoms. The van der Waals surface area contributed by atoms with Crippen LogP contribution in [-0.2, 0) is 18.9 Å². The molecule has 0 aromatic heterocycles. The van der Waals surface area contributed by atoms with Crippen molar-refractivity contribution in [3.8, 4) is 0 Å². The van der Waals surface area contributed by atoms with E-state index in [4.69, 9.17) is 30.4 Å². The van der Waals surface area contributed by atoms with E-state index in [0.717, 1.165) is 0 Å². The first kappa shape index (κ1) is 28.4.